The van der Waals surface area contributed by atoms with Crippen LogP contribution in [0.1, 0.15) is 38.8 Å². The molecule has 0 radical (unpaired) electrons. The van der Waals surface area contributed by atoms with Gasteiger partial charge in [0.05, 0.1) is 6.42 Å². The molecule has 0 amide bonds. The van der Waals surface area contributed by atoms with E-state index < -0.39 is 0 Å². The van der Waals surface area contributed by atoms with Crippen LogP contribution in [-0.2, 0) is 17.6 Å². The number of aromatic nitrogens is 2. The predicted molar refractivity (Wildman–Crippen MR) is 118 cm³/mol. The molecule has 0 aliphatic heterocycles. The van der Waals surface area contributed by atoms with Crippen molar-refractivity contribution in [3.05, 3.63) is 94.2 Å². The number of nitrogens with zero attached hydrogens (tertiary/aromatic N) is 2. The highest BCUT2D eigenvalue weighted by atomic mass is 32.1. The lowest BCUT2D eigenvalue weighted by atomic mass is 9.99. The average Bonchev–Trinajstić information content (AvgIpc) is 3.42. The molecule has 0 unspecified atom stereocenters. The van der Waals surface area contributed by atoms with Crippen LogP contribution >= 0.6 is 11.3 Å². The molecule has 5 rings (SSSR count). The number of benzene rings is 2. The van der Waals surface area contributed by atoms with Crippen LogP contribution in [0.25, 0.3) is 10.8 Å². The zero-order valence-corrected chi connectivity index (χ0v) is 17.1. The summed E-state index contributed by atoms with van der Waals surface area (Å²) in [6, 6.07) is 15.8. The minimum absolute atomic E-state index is 0.0754. The Hall–Kier alpha value is -3.18. The molecule has 2 aromatic carbocycles. The molecule has 4 nitrogen and oxygen atoms in total. The van der Waals surface area contributed by atoms with Crippen molar-refractivity contribution in [1.29, 1.82) is 0 Å². The summed E-state index contributed by atoms with van der Waals surface area (Å²) in [7, 11) is 0. The second-order valence-electron chi connectivity index (χ2n) is 7.80. The highest BCUT2D eigenvalue weighted by Gasteiger charge is 2.43. The topological polar surface area (TPSA) is 59.9 Å². The van der Waals surface area contributed by atoms with Crippen molar-refractivity contribution in [2.24, 2.45) is 5.92 Å². The van der Waals surface area contributed by atoms with E-state index in [0.29, 0.717) is 18.4 Å². The fourth-order valence-corrected chi connectivity index (χ4v) is 4.61. The summed E-state index contributed by atoms with van der Waals surface area (Å²) < 4.78 is 0. The number of rotatable bonds is 7. The highest BCUT2D eigenvalue weighted by Crippen LogP contribution is 2.48. The first-order valence-electron chi connectivity index (χ1n) is 10.0. The van der Waals surface area contributed by atoms with E-state index in [9.17, 15) is 9.59 Å². The maximum absolute atomic E-state index is 12.8. The van der Waals surface area contributed by atoms with Gasteiger partial charge in [-0.15, -0.1) is 11.3 Å². The minimum Gasteiger partial charge on any atom is -0.299 e. The molecule has 0 saturated heterocycles. The van der Waals surface area contributed by atoms with Crippen molar-refractivity contribution in [2.45, 2.75) is 25.2 Å². The van der Waals surface area contributed by atoms with Crippen LogP contribution in [0.3, 0.4) is 0 Å². The second-order valence-corrected chi connectivity index (χ2v) is 8.78. The van der Waals surface area contributed by atoms with Crippen molar-refractivity contribution in [3.8, 4) is 0 Å². The number of hydrogen-bond acceptors (Lipinski definition) is 5. The molecule has 2 aromatic heterocycles. The van der Waals surface area contributed by atoms with Crippen LogP contribution in [0.5, 0.6) is 0 Å². The molecule has 1 fully saturated rings. The smallest absolute Gasteiger partial charge is 0.169 e. The van der Waals surface area contributed by atoms with Crippen LogP contribution in [-0.4, -0.2) is 21.5 Å². The van der Waals surface area contributed by atoms with Crippen LogP contribution in [0.2, 0.25) is 0 Å². The van der Waals surface area contributed by atoms with Crippen molar-refractivity contribution in [2.75, 3.05) is 0 Å². The van der Waals surface area contributed by atoms with Crippen molar-refractivity contribution < 1.29 is 9.59 Å². The van der Waals surface area contributed by atoms with E-state index >= 15 is 0 Å². The number of carbonyl (C=O) groups is 2. The first-order chi connectivity index (χ1) is 14.7. The maximum atomic E-state index is 12.8. The molecular weight excluding hydrogens is 392 g/mol. The highest BCUT2D eigenvalue weighted by molar-refractivity contribution is 7.09. The fourth-order valence-electron chi connectivity index (χ4n) is 3.99. The first kappa shape index (κ1) is 18.8. The van der Waals surface area contributed by atoms with Gasteiger partial charge in [-0.25, -0.2) is 4.98 Å². The van der Waals surface area contributed by atoms with E-state index in [0.717, 1.165) is 33.3 Å². The maximum Gasteiger partial charge on any atom is 0.169 e. The molecule has 2 atom stereocenters. The average molecular weight is 413 g/mol. The number of fused-ring (bicyclic) bond motifs is 1. The monoisotopic (exact) mass is 412 g/mol. The summed E-state index contributed by atoms with van der Waals surface area (Å²) in [5.74, 6) is 0.712. The van der Waals surface area contributed by atoms with Gasteiger partial charge >= 0.3 is 0 Å². The predicted octanol–water partition coefficient (Wildman–Crippen LogP) is 5.03. The molecule has 0 bridgehead atoms. The lowest BCUT2D eigenvalue weighted by Crippen LogP contribution is -2.07. The quantitative estimate of drug-likeness (QED) is 0.399. The van der Waals surface area contributed by atoms with Gasteiger partial charge in [-0.05, 0) is 34.9 Å². The van der Waals surface area contributed by atoms with Crippen molar-refractivity contribution in [3.63, 3.8) is 0 Å². The van der Waals surface area contributed by atoms with Crippen molar-refractivity contribution >= 4 is 33.7 Å². The summed E-state index contributed by atoms with van der Waals surface area (Å²) in [5, 5.41) is 4.91. The number of hydrogen-bond donors (Lipinski definition) is 0. The molecule has 30 heavy (non-hydrogen) atoms. The Balaban J connectivity index is 1.21. The van der Waals surface area contributed by atoms with Gasteiger partial charge in [0.15, 0.2) is 5.78 Å². The van der Waals surface area contributed by atoms with E-state index in [2.05, 4.69) is 16.0 Å². The van der Waals surface area contributed by atoms with E-state index in [1.54, 1.807) is 12.4 Å². The van der Waals surface area contributed by atoms with Gasteiger partial charge in [-0.1, -0.05) is 42.5 Å². The second kappa shape index (κ2) is 7.92. The van der Waals surface area contributed by atoms with Gasteiger partial charge in [-0.2, -0.15) is 0 Å². The van der Waals surface area contributed by atoms with E-state index in [1.165, 1.54) is 11.3 Å². The Kier molecular flexibility index (Phi) is 4.97. The number of thiazole rings is 1. The zero-order valence-electron chi connectivity index (χ0n) is 16.3. The Bertz CT molecular complexity index is 1220. The standard InChI is InChI=1S/C25H20N2O2S/c28-23(14-25-27-9-10-30-25)18-5-3-17(4-6-18)21-13-22(21)24(29)12-16-1-2-20-15-26-8-7-19(20)11-16/h1-11,15,21-22H,12-14H2/t21-,22+/m0/s1. The third-order valence-corrected chi connectivity index (χ3v) is 6.52. The van der Waals surface area contributed by atoms with E-state index in [4.69, 9.17) is 0 Å². The number of carbonyl (C=O) groups excluding carboxylic acids is 2. The molecule has 1 aliphatic rings. The number of pyridine rings is 1. The molecule has 5 heteroatoms. The van der Waals surface area contributed by atoms with E-state index in [1.807, 2.05) is 54.0 Å². The Morgan fingerprint density at radius 3 is 2.63 bits per heavy atom. The van der Waals surface area contributed by atoms with Gasteiger partial charge < -0.3 is 0 Å². The molecule has 1 saturated carbocycles. The lowest BCUT2D eigenvalue weighted by molar-refractivity contribution is -0.119. The fraction of sp³-hybridized carbons (Fsp3) is 0.200. The summed E-state index contributed by atoms with van der Waals surface area (Å²) >= 11 is 1.50. The molecule has 0 spiro atoms. The van der Waals surface area contributed by atoms with Gasteiger partial charge in [0.1, 0.15) is 10.8 Å². The van der Waals surface area contributed by atoms with Crippen molar-refractivity contribution in [1.82, 2.24) is 9.97 Å². The van der Waals surface area contributed by atoms with Gasteiger partial charge in [0.25, 0.3) is 0 Å². The third-order valence-electron chi connectivity index (χ3n) is 5.74. The van der Waals surface area contributed by atoms with Gasteiger partial charge in [0, 0.05) is 47.3 Å². The molecular formula is C25H20N2O2S. The summed E-state index contributed by atoms with van der Waals surface area (Å²) in [5.41, 5.74) is 2.89. The Morgan fingerprint density at radius 2 is 1.83 bits per heavy atom. The largest absolute Gasteiger partial charge is 0.299 e. The first-order valence-corrected chi connectivity index (χ1v) is 10.9. The van der Waals surface area contributed by atoms with Gasteiger partial charge in [-0.3, -0.25) is 14.6 Å². The molecule has 148 valence electrons. The molecule has 4 aromatic rings. The lowest BCUT2D eigenvalue weighted by Gasteiger charge is -2.05. The summed E-state index contributed by atoms with van der Waals surface area (Å²) in [6.45, 7) is 0. The molecule has 0 N–H and O–H groups in total. The van der Waals surface area contributed by atoms with Crippen LogP contribution < -0.4 is 0 Å². The number of ketones is 2. The molecule has 1 aliphatic carbocycles. The zero-order chi connectivity index (χ0) is 20.5. The normalized spacial score (nSPS) is 17.7. The van der Waals surface area contributed by atoms with Crippen LogP contribution in [0, 0.1) is 5.92 Å². The number of Topliss-reactive ketones (excluding diaryl/α,β-unsaturated/α-hetero) is 2. The molecule has 2 heterocycles. The Morgan fingerprint density at radius 1 is 0.967 bits per heavy atom. The van der Waals surface area contributed by atoms with E-state index in [-0.39, 0.29) is 23.4 Å². The minimum atomic E-state index is 0.0754. The third kappa shape index (κ3) is 3.94. The van der Waals surface area contributed by atoms with Crippen LogP contribution in [0.15, 0.2) is 72.5 Å². The van der Waals surface area contributed by atoms with Gasteiger partial charge in [0.2, 0.25) is 0 Å². The summed E-state index contributed by atoms with van der Waals surface area (Å²) in [6.07, 6.45) is 7.02. The SMILES string of the molecule is O=C(Cc1nccs1)c1ccc([C@@H]2C[C@H]2C(=O)Cc2ccc3cnccc3c2)cc1. The Labute approximate surface area is 178 Å². The summed E-state index contributed by atoms with van der Waals surface area (Å²) in [4.78, 5) is 33.5. The van der Waals surface area contributed by atoms with Crippen LogP contribution in [0.4, 0.5) is 0 Å².